The van der Waals surface area contributed by atoms with E-state index in [0.29, 0.717) is 5.89 Å². The highest BCUT2D eigenvalue weighted by atomic mass is 16.5. The lowest BCUT2D eigenvalue weighted by Gasteiger charge is -2.05. The Kier molecular flexibility index (Phi) is 7.69. The van der Waals surface area contributed by atoms with Crippen molar-refractivity contribution in [2.45, 2.75) is 52.4 Å². The van der Waals surface area contributed by atoms with Gasteiger partial charge in [-0.15, -0.1) is 0 Å². The molecule has 0 bridgehead atoms. The zero-order valence-corrected chi connectivity index (χ0v) is 15.7. The van der Waals surface area contributed by atoms with Crippen molar-refractivity contribution in [2.75, 3.05) is 12.0 Å². The summed E-state index contributed by atoms with van der Waals surface area (Å²) < 4.78 is 11.3. The van der Waals surface area contributed by atoms with E-state index in [2.05, 4.69) is 36.3 Å². The van der Waals surface area contributed by atoms with Crippen LogP contribution in [0.25, 0.3) is 0 Å². The molecule has 6 heteroatoms. The number of benzene rings is 1. The summed E-state index contributed by atoms with van der Waals surface area (Å²) in [6.07, 6.45) is 5.65. The first-order valence-corrected chi connectivity index (χ1v) is 9.14. The topological polar surface area (TPSA) is 83.4 Å². The van der Waals surface area contributed by atoms with Crippen LogP contribution in [0.2, 0.25) is 0 Å². The number of nitrogens with one attached hydrogen (secondary N) is 1. The molecule has 0 saturated carbocycles. The first kappa shape index (κ1) is 19.5. The Morgan fingerprint density at radius 1 is 1.27 bits per heavy atom. The van der Waals surface area contributed by atoms with Crippen LogP contribution >= 0.6 is 0 Å². The number of anilines is 1. The summed E-state index contributed by atoms with van der Waals surface area (Å²) in [5, 5.41) is 13.4. The molecule has 0 unspecified atom stereocenters. The molecule has 1 heterocycles. The standard InChI is InChI=1S/C20H26N4O2/c1-4-7-12-25-17-10-8-15(9-11-17)14-22-24-20-18(13-21)23-19(26-20)16(5-2)6-3/h8-11,14,16,24H,4-7,12H2,1-3H3/b22-14+. The highest BCUT2D eigenvalue weighted by Crippen LogP contribution is 2.27. The minimum absolute atomic E-state index is 0.210. The van der Waals surface area contributed by atoms with Crippen LogP contribution in [-0.2, 0) is 0 Å². The second-order valence-electron chi connectivity index (χ2n) is 6.00. The number of oxazole rings is 1. The summed E-state index contributed by atoms with van der Waals surface area (Å²) in [4.78, 5) is 4.26. The molecule has 0 aliphatic heterocycles. The van der Waals surface area contributed by atoms with Crippen LogP contribution in [0.3, 0.4) is 0 Å². The van der Waals surface area contributed by atoms with Crippen molar-refractivity contribution in [3.05, 3.63) is 41.4 Å². The Morgan fingerprint density at radius 3 is 2.62 bits per heavy atom. The van der Waals surface area contributed by atoms with Gasteiger partial charge in [0.2, 0.25) is 11.6 Å². The van der Waals surface area contributed by atoms with Gasteiger partial charge in [0, 0.05) is 5.92 Å². The van der Waals surface area contributed by atoms with E-state index in [1.165, 1.54) is 0 Å². The second kappa shape index (κ2) is 10.2. The van der Waals surface area contributed by atoms with Crippen molar-refractivity contribution in [2.24, 2.45) is 5.10 Å². The molecule has 1 N–H and O–H groups in total. The van der Waals surface area contributed by atoms with Gasteiger partial charge < -0.3 is 9.15 Å². The summed E-state index contributed by atoms with van der Waals surface area (Å²) in [6.45, 7) is 7.01. The number of hydrazone groups is 1. The number of rotatable bonds is 10. The van der Waals surface area contributed by atoms with Crippen LogP contribution in [0.4, 0.5) is 5.88 Å². The Hall–Kier alpha value is -2.81. The molecule has 0 spiro atoms. The van der Waals surface area contributed by atoms with Gasteiger partial charge in [-0.3, -0.25) is 0 Å². The Balaban J connectivity index is 1.98. The Bertz CT molecular complexity index is 740. The molecule has 1 aromatic heterocycles. The van der Waals surface area contributed by atoms with Gasteiger partial charge in [0.25, 0.3) is 5.88 Å². The highest BCUT2D eigenvalue weighted by Gasteiger charge is 2.18. The van der Waals surface area contributed by atoms with Crippen molar-refractivity contribution in [3.63, 3.8) is 0 Å². The third-order valence-corrected chi connectivity index (χ3v) is 4.11. The normalized spacial score (nSPS) is 11.0. The molecule has 2 aromatic rings. The minimum Gasteiger partial charge on any atom is -0.494 e. The van der Waals surface area contributed by atoms with E-state index < -0.39 is 0 Å². The Labute approximate surface area is 154 Å². The maximum absolute atomic E-state index is 9.22. The average molecular weight is 354 g/mol. The van der Waals surface area contributed by atoms with E-state index >= 15 is 0 Å². The predicted molar refractivity (Wildman–Crippen MR) is 103 cm³/mol. The maximum Gasteiger partial charge on any atom is 0.252 e. The van der Waals surface area contributed by atoms with Gasteiger partial charge in [-0.2, -0.15) is 10.4 Å². The van der Waals surface area contributed by atoms with Gasteiger partial charge >= 0.3 is 0 Å². The van der Waals surface area contributed by atoms with E-state index in [-0.39, 0.29) is 17.5 Å². The number of unbranched alkanes of at least 4 members (excludes halogenated alkanes) is 1. The van der Waals surface area contributed by atoms with E-state index in [9.17, 15) is 5.26 Å². The van der Waals surface area contributed by atoms with Crippen LogP contribution in [0, 0.1) is 11.3 Å². The van der Waals surface area contributed by atoms with Gasteiger partial charge in [0.1, 0.15) is 11.8 Å². The fourth-order valence-corrected chi connectivity index (χ4v) is 2.45. The molecule has 26 heavy (non-hydrogen) atoms. The van der Waals surface area contributed by atoms with Crippen molar-refractivity contribution in [3.8, 4) is 11.8 Å². The highest BCUT2D eigenvalue weighted by molar-refractivity contribution is 5.80. The molecule has 138 valence electrons. The first-order valence-electron chi connectivity index (χ1n) is 9.14. The molecular formula is C20H26N4O2. The number of ether oxygens (including phenoxy) is 1. The molecule has 6 nitrogen and oxygen atoms in total. The van der Waals surface area contributed by atoms with Crippen LogP contribution in [0.15, 0.2) is 33.8 Å². The fraction of sp³-hybridized carbons (Fsp3) is 0.450. The van der Waals surface area contributed by atoms with Gasteiger partial charge in [0.15, 0.2) is 0 Å². The van der Waals surface area contributed by atoms with E-state index in [4.69, 9.17) is 9.15 Å². The molecule has 0 atom stereocenters. The lowest BCUT2D eigenvalue weighted by Crippen LogP contribution is -1.96. The molecule has 0 aliphatic rings. The van der Waals surface area contributed by atoms with Crippen LogP contribution in [-0.4, -0.2) is 17.8 Å². The van der Waals surface area contributed by atoms with Gasteiger partial charge in [-0.1, -0.05) is 27.2 Å². The number of nitriles is 1. The van der Waals surface area contributed by atoms with E-state index in [1.807, 2.05) is 30.3 Å². The zero-order valence-electron chi connectivity index (χ0n) is 15.7. The monoisotopic (exact) mass is 354 g/mol. The van der Waals surface area contributed by atoms with E-state index in [0.717, 1.165) is 43.6 Å². The van der Waals surface area contributed by atoms with Gasteiger partial charge in [0.05, 0.1) is 12.8 Å². The summed E-state index contributed by atoms with van der Waals surface area (Å²) in [5.74, 6) is 1.92. The quantitative estimate of drug-likeness (QED) is 0.366. The zero-order chi connectivity index (χ0) is 18.8. The lowest BCUT2D eigenvalue weighted by molar-refractivity contribution is 0.309. The molecule has 0 aliphatic carbocycles. The SMILES string of the molecule is CCCCOc1ccc(/C=N/Nc2oc(C(CC)CC)nc2C#N)cc1. The van der Waals surface area contributed by atoms with Crippen molar-refractivity contribution < 1.29 is 9.15 Å². The lowest BCUT2D eigenvalue weighted by atomic mass is 10.0. The third-order valence-electron chi connectivity index (χ3n) is 4.11. The summed E-state index contributed by atoms with van der Waals surface area (Å²) in [6, 6.07) is 9.72. The van der Waals surface area contributed by atoms with Crippen molar-refractivity contribution in [1.29, 1.82) is 5.26 Å². The molecule has 0 radical (unpaired) electrons. The maximum atomic E-state index is 9.22. The number of hydrogen-bond acceptors (Lipinski definition) is 6. The van der Waals surface area contributed by atoms with Crippen molar-refractivity contribution in [1.82, 2.24) is 4.98 Å². The number of nitrogens with zero attached hydrogens (tertiary/aromatic N) is 3. The third kappa shape index (κ3) is 5.35. The average Bonchev–Trinajstić information content (AvgIpc) is 3.07. The van der Waals surface area contributed by atoms with Gasteiger partial charge in [-0.05, 0) is 49.1 Å². The summed E-state index contributed by atoms with van der Waals surface area (Å²) in [7, 11) is 0. The number of hydrogen-bond donors (Lipinski definition) is 1. The fourth-order valence-electron chi connectivity index (χ4n) is 2.45. The molecule has 0 fully saturated rings. The predicted octanol–water partition coefficient (Wildman–Crippen LogP) is 5.07. The van der Waals surface area contributed by atoms with Crippen LogP contribution < -0.4 is 10.2 Å². The van der Waals surface area contributed by atoms with Crippen LogP contribution in [0.5, 0.6) is 5.75 Å². The summed E-state index contributed by atoms with van der Waals surface area (Å²) in [5.41, 5.74) is 3.92. The molecular weight excluding hydrogens is 328 g/mol. The molecule has 0 saturated heterocycles. The molecule has 2 rings (SSSR count). The molecule has 0 amide bonds. The Morgan fingerprint density at radius 2 is 2.00 bits per heavy atom. The number of aromatic nitrogens is 1. The molecule has 1 aromatic carbocycles. The summed E-state index contributed by atoms with van der Waals surface area (Å²) >= 11 is 0. The van der Waals surface area contributed by atoms with Crippen LogP contribution in [0.1, 0.15) is 69.5 Å². The van der Waals surface area contributed by atoms with Crippen molar-refractivity contribution >= 4 is 12.1 Å². The van der Waals surface area contributed by atoms with Gasteiger partial charge in [-0.25, -0.2) is 10.4 Å². The smallest absolute Gasteiger partial charge is 0.252 e. The second-order valence-corrected chi connectivity index (χ2v) is 6.00. The van der Waals surface area contributed by atoms with E-state index in [1.54, 1.807) is 6.21 Å². The first-order chi connectivity index (χ1) is 12.7. The minimum atomic E-state index is 0.210. The largest absolute Gasteiger partial charge is 0.494 e.